The highest BCUT2D eigenvalue weighted by molar-refractivity contribution is 7.80. The molecule has 0 aromatic heterocycles. The number of ether oxygens (including phenoxy) is 4. The SMILES string of the molecule is CCCCC/C=C\C/C=C\CCCCCCCCOCC(COC1OC(CO)C(O)C(OS(=O)(=O)O)C1O)OC(=O)CCCCCCCCCC/C=C\C/C=C\C/C=C\CCCCCCC. The van der Waals surface area contributed by atoms with Crippen LogP contribution in [0.1, 0.15) is 206 Å². The Morgan fingerprint density at radius 1 is 0.576 bits per heavy atom. The molecule has 6 unspecified atom stereocenters. The zero-order chi connectivity index (χ0) is 48.2. The number of allylic oxidation sites excluding steroid dienone is 10. The van der Waals surface area contributed by atoms with Crippen LogP contribution in [-0.2, 0) is 38.3 Å². The number of esters is 1. The largest absolute Gasteiger partial charge is 0.457 e. The first-order valence-electron chi connectivity index (χ1n) is 26.0. The van der Waals surface area contributed by atoms with E-state index in [0.717, 1.165) is 77.0 Å². The predicted molar refractivity (Wildman–Crippen MR) is 266 cm³/mol. The van der Waals surface area contributed by atoms with E-state index >= 15 is 0 Å². The smallest absolute Gasteiger partial charge is 0.397 e. The summed E-state index contributed by atoms with van der Waals surface area (Å²) in [4.78, 5) is 12.9. The minimum Gasteiger partial charge on any atom is -0.457 e. The highest BCUT2D eigenvalue weighted by Crippen LogP contribution is 2.26. The molecule has 0 aliphatic carbocycles. The fourth-order valence-electron chi connectivity index (χ4n) is 7.65. The zero-order valence-electron chi connectivity index (χ0n) is 41.2. The van der Waals surface area contributed by atoms with Crippen molar-refractivity contribution in [2.75, 3.05) is 26.4 Å². The fraction of sp³-hybridized carbons (Fsp3) is 0.792. The molecule has 1 aliphatic heterocycles. The molecule has 1 saturated heterocycles. The summed E-state index contributed by atoms with van der Waals surface area (Å²) < 4.78 is 59.2. The first-order chi connectivity index (χ1) is 32.1. The molecular weight excluding hydrogens is 861 g/mol. The molecule has 1 heterocycles. The zero-order valence-corrected chi connectivity index (χ0v) is 42.1. The second kappa shape index (κ2) is 44.0. The van der Waals surface area contributed by atoms with Gasteiger partial charge in [0.2, 0.25) is 0 Å². The van der Waals surface area contributed by atoms with Crippen molar-refractivity contribution in [1.29, 1.82) is 0 Å². The second-order valence-electron chi connectivity index (χ2n) is 17.8. The van der Waals surface area contributed by atoms with Crippen LogP contribution in [0.5, 0.6) is 0 Å². The van der Waals surface area contributed by atoms with Gasteiger partial charge in [0.25, 0.3) is 0 Å². The Morgan fingerprint density at radius 2 is 1.00 bits per heavy atom. The van der Waals surface area contributed by atoms with Crippen LogP contribution in [-0.4, -0.2) is 97.5 Å². The van der Waals surface area contributed by atoms with E-state index in [0.29, 0.717) is 13.0 Å². The summed E-state index contributed by atoms with van der Waals surface area (Å²) in [5, 5.41) is 30.8. The standard InChI is InChI=1S/C53H94O12S/c1-3-5-7-9-11-13-15-17-19-21-22-23-24-25-26-27-28-30-32-34-36-38-40-42-49(55)63-47(46-62-53-51(57)52(65-66(58,59)60)50(56)48(44-54)64-53)45-61-43-41-39-37-35-33-31-29-20-18-16-14-12-10-8-6-4-2/h12,14-15,17-18,20-22,24-25,47-48,50-54,56-57H,3-11,13,16,19,23,26-46H2,1-2H3,(H,58,59,60)/b14-12-,17-15-,20-18-,22-21-,25-24-. The molecule has 0 radical (unpaired) electrons. The number of aliphatic hydroxyl groups excluding tert-OH is 3. The Labute approximate surface area is 401 Å². The van der Waals surface area contributed by atoms with E-state index in [1.54, 1.807) is 0 Å². The molecule has 1 rings (SSSR count). The maximum Gasteiger partial charge on any atom is 0.397 e. The van der Waals surface area contributed by atoms with E-state index in [2.05, 4.69) is 78.8 Å². The van der Waals surface area contributed by atoms with Gasteiger partial charge in [0.05, 0.1) is 19.8 Å². The monoisotopic (exact) mass is 955 g/mol. The average molecular weight is 955 g/mol. The summed E-state index contributed by atoms with van der Waals surface area (Å²) in [5.74, 6) is -0.411. The molecule has 0 amide bonds. The highest BCUT2D eigenvalue weighted by atomic mass is 32.3. The fourth-order valence-corrected chi connectivity index (χ4v) is 8.16. The third kappa shape index (κ3) is 36.8. The third-order valence-corrected chi connectivity index (χ3v) is 12.1. The van der Waals surface area contributed by atoms with Crippen LogP contribution in [0, 0.1) is 0 Å². The minimum absolute atomic E-state index is 0.0237. The molecule has 0 bridgehead atoms. The number of hydrogen-bond acceptors (Lipinski definition) is 11. The number of carbonyl (C=O) groups excluding carboxylic acids is 1. The van der Waals surface area contributed by atoms with Gasteiger partial charge in [-0.1, -0.05) is 177 Å². The lowest BCUT2D eigenvalue weighted by molar-refractivity contribution is -0.301. The number of aliphatic hydroxyl groups is 3. The Kier molecular flexibility index (Phi) is 41.2. The van der Waals surface area contributed by atoms with Crippen molar-refractivity contribution in [1.82, 2.24) is 0 Å². The van der Waals surface area contributed by atoms with Gasteiger partial charge < -0.3 is 34.3 Å². The van der Waals surface area contributed by atoms with Gasteiger partial charge in [0.1, 0.15) is 30.5 Å². The summed E-state index contributed by atoms with van der Waals surface area (Å²) in [7, 11) is -5.07. The van der Waals surface area contributed by atoms with Gasteiger partial charge in [0.15, 0.2) is 6.29 Å². The average Bonchev–Trinajstić information content (AvgIpc) is 3.29. The number of carbonyl (C=O) groups is 1. The quantitative estimate of drug-likeness (QED) is 0.0197. The van der Waals surface area contributed by atoms with Crippen molar-refractivity contribution in [3.8, 4) is 0 Å². The van der Waals surface area contributed by atoms with E-state index in [-0.39, 0.29) is 19.6 Å². The van der Waals surface area contributed by atoms with Gasteiger partial charge in [-0.2, -0.15) is 8.42 Å². The summed E-state index contributed by atoms with van der Waals surface area (Å²) >= 11 is 0. The molecule has 1 aliphatic rings. The highest BCUT2D eigenvalue weighted by Gasteiger charge is 2.48. The second-order valence-corrected chi connectivity index (χ2v) is 18.8. The van der Waals surface area contributed by atoms with Crippen LogP contribution >= 0.6 is 0 Å². The van der Waals surface area contributed by atoms with Crippen LogP contribution in [0.4, 0.5) is 0 Å². The lowest BCUT2D eigenvalue weighted by atomic mass is 9.99. The molecule has 1 fully saturated rings. The number of rotatable bonds is 45. The normalized spacial score (nSPS) is 20.0. The molecule has 0 aromatic carbocycles. The molecule has 384 valence electrons. The van der Waals surface area contributed by atoms with Crippen LogP contribution < -0.4 is 0 Å². The minimum atomic E-state index is -5.07. The Balaban J connectivity index is 2.37. The molecule has 12 nitrogen and oxygen atoms in total. The predicted octanol–water partition coefficient (Wildman–Crippen LogP) is 12.1. The number of unbranched alkanes of at least 4 members (excludes halogenated alkanes) is 22. The summed E-state index contributed by atoms with van der Waals surface area (Å²) in [6.45, 7) is 3.93. The van der Waals surface area contributed by atoms with Crippen LogP contribution in [0.25, 0.3) is 0 Å². The maximum absolute atomic E-state index is 12.9. The van der Waals surface area contributed by atoms with Crippen molar-refractivity contribution >= 4 is 16.4 Å². The summed E-state index contributed by atoms with van der Waals surface area (Å²) in [6, 6.07) is 0. The lowest BCUT2D eigenvalue weighted by Crippen LogP contribution is -2.60. The van der Waals surface area contributed by atoms with Crippen LogP contribution in [0.3, 0.4) is 0 Å². The van der Waals surface area contributed by atoms with Crippen molar-refractivity contribution in [2.24, 2.45) is 0 Å². The molecular formula is C53H94O12S. The first-order valence-corrected chi connectivity index (χ1v) is 27.4. The molecule has 66 heavy (non-hydrogen) atoms. The van der Waals surface area contributed by atoms with Crippen molar-refractivity contribution in [3.63, 3.8) is 0 Å². The Morgan fingerprint density at radius 3 is 1.48 bits per heavy atom. The molecule has 13 heteroatoms. The Hall–Kier alpha value is -2.20. The van der Waals surface area contributed by atoms with E-state index in [1.807, 2.05) is 0 Å². The van der Waals surface area contributed by atoms with E-state index in [1.165, 1.54) is 103 Å². The van der Waals surface area contributed by atoms with Gasteiger partial charge in [-0.05, 0) is 83.5 Å². The summed E-state index contributed by atoms with van der Waals surface area (Å²) in [5.41, 5.74) is 0. The van der Waals surface area contributed by atoms with Crippen LogP contribution in [0.2, 0.25) is 0 Å². The van der Waals surface area contributed by atoms with Gasteiger partial charge in [0, 0.05) is 13.0 Å². The summed E-state index contributed by atoms with van der Waals surface area (Å²) in [6.07, 6.45) is 46.7. The topological polar surface area (TPSA) is 178 Å². The van der Waals surface area contributed by atoms with Crippen molar-refractivity contribution in [3.05, 3.63) is 60.8 Å². The third-order valence-electron chi connectivity index (χ3n) is 11.6. The molecule has 0 aromatic rings. The number of hydrogen-bond donors (Lipinski definition) is 4. The molecule has 0 spiro atoms. The van der Waals surface area contributed by atoms with E-state index in [9.17, 15) is 33.1 Å². The van der Waals surface area contributed by atoms with Gasteiger partial charge in [-0.15, -0.1) is 0 Å². The molecule has 6 atom stereocenters. The van der Waals surface area contributed by atoms with E-state index < -0.39 is 59.8 Å². The van der Waals surface area contributed by atoms with Gasteiger partial charge in [-0.3, -0.25) is 9.35 Å². The van der Waals surface area contributed by atoms with Crippen LogP contribution in [0.15, 0.2) is 60.8 Å². The van der Waals surface area contributed by atoms with Gasteiger partial charge >= 0.3 is 16.4 Å². The molecule has 0 saturated carbocycles. The first kappa shape index (κ1) is 61.8. The maximum atomic E-state index is 12.9. The van der Waals surface area contributed by atoms with E-state index in [4.69, 9.17) is 18.9 Å². The molecule has 4 N–H and O–H groups in total. The van der Waals surface area contributed by atoms with Gasteiger partial charge in [-0.25, -0.2) is 4.18 Å². The lowest BCUT2D eigenvalue weighted by Gasteiger charge is -2.41. The van der Waals surface area contributed by atoms with Crippen molar-refractivity contribution < 1.29 is 56.2 Å². The Bertz CT molecular complexity index is 1380. The van der Waals surface area contributed by atoms with Crippen molar-refractivity contribution in [2.45, 2.75) is 243 Å².